The summed E-state index contributed by atoms with van der Waals surface area (Å²) >= 11 is 0. The predicted molar refractivity (Wildman–Crippen MR) is 90.8 cm³/mol. The van der Waals surface area contributed by atoms with Crippen molar-refractivity contribution in [3.8, 4) is 0 Å². The lowest BCUT2D eigenvalue weighted by Gasteiger charge is -2.19. The van der Waals surface area contributed by atoms with Crippen molar-refractivity contribution in [2.24, 2.45) is 0 Å². The van der Waals surface area contributed by atoms with Gasteiger partial charge in [0.15, 0.2) is 12.1 Å². The van der Waals surface area contributed by atoms with Gasteiger partial charge < -0.3 is 34.5 Å². The Morgan fingerprint density at radius 2 is 1.72 bits per heavy atom. The largest absolute Gasteiger partial charge is 0.479 e. The van der Waals surface area contributed by atoms with Crippen LogP contribution < -0.4 is 11.2 Å². The summed E-state index contributed by atoms with van der Waals surface area (Å²) in [5.41, 5.74) is -1.72. The number of nitrogens with zero attached hydrogens (tertiary/aromatic N) is 1. The number of nitrogens with one attached hydrogen (secondary N) is 1. The summed E-state index contributed by atoms with van der Waals surface area (Å²) < 4.78 is 48.1. The minimum Gasteiger partial charge on any atom is -0.387 e. The molecule has 0 amide bonds. The van der Waals surface area contributed by atoms with Crippen molar-refractivity contribution in [2.45, 2.75) is 24.5 Å². The van der Waals surface area contributed by atoms with Crippen molar-refractivity contribution in [1.82, 2.24) is 9.55 Å². The average Bonchev–Trinajstić information content (AvgIpc) is 2.78. The van der Waals surface area contributed by atoms with E-state index in [-0.39, 0.29) is 0 Å². The Morgan fingerprint density at radius 3 is 2.28 bits per heavy atom. The van der Waals surface area contributed by atoms with Crippen LogP contribution in [0, 0.1) is 0 Å². The molecule has 0 aliphatic carbocycles. The Labute approximate surface area is 160 Å². The van der Waals surface area contributed by atoms with Crippen molar-refractivity contribution in [2.75, 3.05) is 12.5 Å². The minimum atomic E-state index is -5.35. The van der Waals surface area contributed by atoms with Crippen LogP contribution in [0.5, 0.6) is 0 Å². The number of aromatic nitrogens is 2. The Kier molecular flexibility index (Phi) is 7.23. The van der Waals surface area contributed by atoms with Crippen molar-refractivity contribution in [3.63, 3.8) is 0 Å². The van der Waals surface area contributed by atoms with Gasteiger partial charge in [-0.05, 0) is 0 Å². The molecule has 2 unspecified atom stereocenters. The molecule has 0 bridgehead atoms. The van der Waals surface area contributed by atoms with Gasteiger partial charge in [-0.3, -0.25) is 28.0 Å². The van der Waals surface area contributed by atoms with E-state index in [0.717, 1.165) is 16.8 Å². The summed E-state index contributed by atoms with van der Waals surface area (Å²) in [7, 11) is -15.6. The molecule has 2 rings (SSSR count). The Morgan fingerprint density at radius 1 is 1.10 bits per heavy atom. The van der Waals surface area contributed by atoms with E-state index in [4.69, 9.17) is 14.5 Å². The van der Waals surface area contributed by atoms with Gasteiger partial charge in [0.2, 0.25) is 0 Å². The Bertz CT molecular complexity index is 998. The van der Waals surface area contributed by atoms with Gasteiger partial charge in [0.1, 0.15) is 18.3 Å². The van der Waals surface area contributed by atoms with Gasteiger partial charge in [0, 0.05) is 12.3 Å². The highest BCUT2D eigenvalue weighted by atomic mass is 31.3. The molecule has 166 valence electrons. The molecule has 0 saturated carbocycles. The van der Waals surface area contributed by atoms with Gasteiger partial charge in [-0.2, -0.15) is 0 Å². The van der Waals surface area contributed by atoms with Crippen LogP contribution in [0.3, 0.4) is 0 Å². The zero-order valence-electron chi connectivity index (χ0n) is 14.1. The second kappa shape index (κ2) is 8.63. The van der Waals surface area contributed by atoms with Gasteiger partial charge in [-0.25, -0.2) is 13.7 Å². The van der Waals surface area contributed by atoms with Crippen molar-refractivity contribution < 1.29 is 57.1 Å². The van der Waals surface area contributed by atoms with Crippen LogP contribution in [0.4, 0.5) is 0 Å². The van der Waals surface area contributed by atoms with E-state index in [1.165, 1.54) is 0 Å². The molecule has 19 heteroatoms. The number of phosphoric ester groups is 1. The zero-order chi connectivity index (χ0) is 22.2. The number of ether oxygens (including phenoxy) is 1. The average molecular weight is 482 g/mol. The van der Waals surface area contributed by atoms with E-state index in [1.807, 2.05) is 4.98 Å². The van der Waals surface area contributed by atoms with Gasteiger partial charge in [-0.15, -0.1) is 0 Å². The summed E-state index contributed by atoms with van der Waals surface area (Å²) in [6.45, 7) is -0.990. The third-order valence-corrected chi connectivity index (χ3v) is 8.68. The molecule has 0 spiro atoms. The van der Waals surface area contributed by atoms with E-state index in [0.29, 0.717) is 0 Å². The first-order chi connectivity index (χ1) is 13.1. The molecule has 0 aromatic carbocycles. The SMILES string of the molecule is O=c1ccn([C@@H]2O[C@H](COP(=O)(O)OP(=O)(O)CP(=O)(O)O)[C@@H](O)[C@H]2O)c(=O)[nH]1. The van der Waals surface area contributed by atoms with Crippen LogP contribution in [0.25, 0.3) is 0 Å². The number of H-pyrrole nitrogens is 1. The van der Waals surface area contributed by atoms with E-state index in [1.54, 1.807) is 0 Å². The summed E-state index contributed by atoms with van der Waals surface area (Å²) in [5.74, 6) is -1.74. The van der Waals surface area contributed by atoms with Gasteiger partial charge in [0.05, 0.1) is 6.61 Å². The molecule has 16 nitrogen and oxygen atoms in total. The lowest BCUT2D eigenvalue weighted by molar-refractivity contribution is -0.0541. The van der Waals surface area contributed by atoms with Crippen molar-refractivity contribution in [1.29, 1.82) is 0 Å². The normalized spacial score (nSPS) is 29.3. The maximum atomic E-state index is 11.8. The standard InChI is InChI=1S/C10H17N2O14P3/c13-6-1-2-12(10(16)11-6)9-8(15)7(14)5(25-9)3-24-29(22,23)26-28(20,21)4-27(17,18)19/h1-2,5,7-9,14-15H,3-4H2,(H,20,21)(H,22,23)(H,11,13,16)(H2,17,18,19)/t5-,7-,8-,9-/m1/s1. The first kappa shape index (κ1) is 24.3. The summed E-state index contributed by atoms with van der Waals surface area (Å²) in [6, 6.07) is 0.934. The molecule has 1 aromatic heterocycles. The highest BCUT2D eigenvalue weighted by Crippen LogP contribution is 2.65. The molecule has 0 radical (unpaired) electrons. The van der Waals surface area contributed by atoms with Gasteiger partial charge >= 0.3 is 28.7 Å². The molecular weight excluding hydrogens is 465 g/mol. The fourth-order valence-corrected chi connectivity index (χ4v) is 6.68. The van der Waals surface area contributed by atoms with E-state index in [2.05, 4.69) is 8.83 Å². The van der Waals surface area contributed by atoms with E-state index >= 15 is 0 Å². The summed E-state index contributed by atoms with van der Waals surface area (Å²) in [5, 5.41) is 20.0. The highest BCUT2D eigenvalue weighted by Gasteiger charge is 2.46. The molecule has 1 aliphatic heterocycles. The first-order valence-electron chi connectivity index (χ1n) is 7.48. The fourth-order valence-electron chi connectivity index (χ4n) is 2.34. The molecule has 7 N–H and O–H groups in total. The first-order valence-corrected chi connectivity index (χ1v) is 12.5. The topological polar surface area (TPSA) is 255 Å². The maximum Gasteiger partial charge on any atom is 0.479 e. The predicted octanol–water partition coefficient (Wildman–Crippen LogP) is -2.39. The molecule has 6 atom stereocenters. The smallest absolute Gasteiger partial charge is 0.387 e. The number of hydrogen-bond acceptors (Lipinski definition) is 10. The van der Waals surface area contributed by atoms with Crippen LogP contribution in [0.15, 0.2) is 21.9 Å². The molecule has 2 heterocycles. The third kappa shape index (κ3) is 6.76. The van der Waals surface area contributed by atoms with Crippen molar-refractivity contribution in [3.05, 3.63) is 33.1 Å². The molecule has 1 aliphatic rings. The number of aliphatic hydroxyl groups is 2. The number of hydrogen-bond donors (Lipinski definition) is 7. The molecule has 1 saturated heterocycles. The highest BCUT2D eigenvalue weighted by molar-refractivity contribution is 7.73. The van der Waals surface area contributed by atoms with E-state index < -0.39 is 71.3 Å². The number of aromatic amines is 1. The monoisotopic (exact) mass is 482 g/mol. The lowest BCUT2D eigenvalue weighted by Crippen LogP contribution is -2.37. The van der Waals surface area contributed by atoms with E-state index in [9.17, 15) is 43.3 Å². The molecule has 1 aromatic rings. The number of aliphatic hydroxyl groups excluding tert-OH is 2. The Hall–Kier alpha value is -0.990. The van der Waals surface area contributed by atoms with Crippen LogP contribution in [-0.2, 0) is 27.3 Å². The number of phosphoric acid groups is 1. The lowest BCUT2D eigenvalue weighted by atomic mass is 10.1. The fraction of sp³-hybridized carbons (Fsp3) is 0.600. The minimum absolute atomic E-state index is 0.728. The van der Waals surface area contributed by atoms with Crippen LogP contribution in [0.2, 0.25) is 0 Å². The summed E-state index contributed by atoms with van der Waals surface area (Å²) in [4.78, 5) is 60.7. The van der Waals surface area contributed by atoms with Crippen LogP contribution in [-0.4, -0.2) is 70.2 Å². The third-order valence-electron chi connectivity index (χ3n) is 3.46. The van der Waals surface area contributed by atoms with Crippen molar-refractivity contribution >= 4 is 23.0 Å². The maximum absolute atomic E-state index is 11.8. The Balaban J connectivity index is 2.06. The van der Waals surface area contributed by atoms with Gasteiger partial charge in [0.25, 0.3) is 5.56 Å². The quantitative estimate of drug-likeness (QED) is 0.191. The molecule has 1 fully saturated rings. The number of rotatable bonds is 8. The zero-order valence-corrected chi connectivity index (χ0v) is 16.8. The summed E-state index contributed by atoms with van der Waals surface area (Å²) in [6.07, 6.45) is -5.56. The van der Waals surface area contributed by atoms with Gasteiger partial charge in [-0.1, -0.05) is 0 Å². The molecule has 29 heavy (non-hydrogen) atoms. The molecular formula is C10H17N2O14P3. The van der Waals surface area contributed by atoms with Crippen LogP contribution in [0.1, 0.15) is 6.23 Å². The second-order valence-corrected chi connectivity index (χ2v) is 11.4. The second-order valence-electron chi connectivity index (χ2n) is 5.85. The van der Waals surface area contributed by atoms with Crippen LogP contribution >= 0.6 is 23.0 Å².